The third-order valence-electron chi connectivity index (χ3n) is 3.47. The second-order valence-corrected chi connectivity index (χ2v) is 5.34. The second kappa shape index (κ2) is 5.64. The first-order valence-corrected chi connectivity index (χ1v) is 6.02. The molecule has 0 saturated carbocycles. The smallest absolute Gasteiger partial charge is 0.323 e. The van der Waals surface area contributed by atoms with Crippen LogP contribution in [0.2, 0.25) is 0 Å². The van der Waals surface area contributed by atoms with Gasteiger partial charge in [-0.25, -0.2) is 0 Å². The largest absolute Gasteiger partial charge is 0.468 e. The van der Waals surface area contributed by atoms with Crippen molar-refractivity contribution in [2.75, 3.05) is 26.7 Å². The SMILES string of the molecule is COC(=O)C1CCCN1CCC(C)(C)CN. The molecule has 0 aliphatic carbocycles. The third-order valence-corrected chi connectivity index (χ3v) is 3.47. The Bertz CT molecular complexity index is 241. The van der Waals surface area contributed by atoms with E-state index < -0.39 is 0 Å². The summed E-state index contributed by atoms with van der Waals surface area (Å²) in [5.74, 6) is -0.0944. The monoisotopic (exact) mass is 228 g/mol. The van der Waals surface area contributed by atoms with Crippen LogP contribution in [0, 0.1) is 5.41 Å². The summed E-state index contributed by atoms with van der Waals surface area (Å²) in [4.78, 5) is 13.8. The molecular formula is C12H24N2O2. The predicted octanol–water partition coefficient (Wildman–Crippen LogP) is 0.999. The Labute approximate surface area is 98.1 Å². The van der Waals surface area contributed by atoms with Gasteiger partial charge >= 0.3 is 5.97 Å². The molecule has 1 aliphatic heterocycles. The van der Waals surface area contributed by atoms with Gasteiger partial charge in [0, 0.05) is 0 Å². The van der Waals surface area contributed by atoms with Gasteiger partial charge in [0.25, 0.3) is 0 Å². The van der Waals surface area contributed by atoms with Crippen molar-refractivity contribution >= 4 is 5.97 Å². The maximum atomic E-state index is 11.5. The van der Waals surface area contributed by atoms with Gasteiger partial charge in [0.1, 0.15) is 6.04 Å². The fourth-order valence-corrected chi connectivity index (χ4v) is 2.05. The molecule has 1 saturated heterocycles. The van der Waals surface area contributed by atoms with Gasteiger partial charge in [0.15, 0.2) is 0 Å². The first-order valence-electron chi connectivity index (χ1n) is 6.02. The van der Waals surface area contributed by atoms with E-state index in [0.29, 0.717) is 6.54 Å². The average Bonchev–Trinajstić information content (AvgIpc) is 2.73. The molecule has 0 amide bonds. The quantitative estimate of drug-likeness (QED) is 0.713. The van der Waals surface area contributed by atoms with Crippen LogP contribution >= 0.6 is 0 Å². The number of nitrogens with zero attached hydrogens (tertiary/aromatic N) is 1. The molecule has 0 aromatic rings. The number of hydrogen-bond donors (Lipinski definition) is 1. The summed E-state index contributed by atoms with van der Waals surface area (Å²) in [6.07, 6.45) is 3.04. The van der Waals surface area contributed by atoms with Crippen molar-refractivity contribution in [3.63, 3.8) is 0 Å². The van der Waals surface area contributed by atoms with Crippen LogP contribution in [-0.4, -0.2) is 43.7 Å². The molecule has 0 aromatic carbocycles. The lowest BCUT2D eigenvalue weighted by Gasteiger charge is -2.28. The number of carbonyl (C=O) groups excluding carboxylic acids is 1. The number of ether oxygens (including phenoxy) is 1. The van der Waals surface area contributed by atoms with Crippen molar-refractivity contribution in [3.8, 4) is 0 Å². The molecular weight excluding hydrogens is 204 g/mol. The maximum absolute atomic E-state index is 11.5. The molecule has 94 valence electrons. The van der Waals surface area contributed by atoms with Crippen LogP contribution in [0.1, 0.15) is 33.1 Å². The van der Waals surface area contributed by atoms with Crippen LogP contribution < -0.4 is 5.73 Å². The average molecular weight is 228 g/mol. The van der Waals surface area contributed by atoms with Crippen molar-refractivity contribution in [2.45, 2.75) is 39.2 Å². The van der Waals surface area contributed by atoms with Gasteiger partial charge < -0.3 is 10.5 Å². The molecule has 1 unspecified atom stereocenters. The van der Waals surface area contributed by atoms with Gasteiger partial charge in [-0.15, -0.1) is 0 Å². The highest BCUT2D eigenvalue weighted by Crippen LogP contribution is 2.23. The highest BCUT2D eigenvalue weighted by molar-refractivity contribution is 5.75. The zero-order chi connectivity index (χ0) is 12.2. The summed E-state index contributed by atoms with van der Waals surface area (Å²) >= 11 is 0. The second-order valence-electron chi connectivity index (χ2n) is 5.34. The van der Waals surface area contributed by atoms with E-state index in [4.69, 9.17) is 10.5 Å². The fourth-order valence-electron chi connectivity index (χ4n) is 2.05. The maximum Gasteiger partial charge on any atom is 0.323 e. The molecule has 1 atom stereocenters. The number of methoxy groups -OCH3 is 1. The molecule has 0 radical (unpaired) electrons. The van der Waals surface area contributed by atoms with Gasteiger partial charge in [-0.3, -0.25) is 9.69 Å². The molecule has 0 spiro atoms. The molecule has 4 heteroatoms. The van der Waals surface area contributed by atoms with E-state index >= 15 is 0 Å². The summed E-state index contributed by atoms with van der Waals surface area (Å²) in [7, 11) is 1.46. The molecule has 0 aromatic heterocycles. The van der Waals surface area contributed by atoms with Crippen LogP contribution in [0.25, 0.3) is 0 Å². The minimum Gasteiger partial charge on any atom is -0.468 e. The van der Waals surface area contributed by atoms with E-state index in [2.05, 4.69) is 18.7 Å². The van der Waals surface area contributed by atoms with Crippen LogP contribution in [-0.2, 0) is 9.53 Å². The standard InChI is InChI=1S/C12H24N2O2/c1-12(2,9-13)6-8-14-7-4-5-10(14)11(15)16-3/h10H,4-9,13H2,1-3H3. The van der Waals surface area contributed by atoms with Gasteiger partial charge in [0.2, 0.25) is 0 Å². The number of rotatable bonds is 5. The lowest BCUT2D eigenvalue weighted by molar-refractivity contribution is -0.145. The molecule has 0 bridgehead atoms. The van der Waals surface area contributed by atoms with Crippen LogP contribution in [0.3, 0.4) is 0 Å². The Hall–Kier alpha value is -0.610. The third kappa shape index (κ3) is 3.46. The van der Waals surface area contributed by atoms with E-state index in [1.54, 1.807) is 0 Å². The normalized spacial score (nSPS) is 22.4. The molecule has 4 nitrogen and oxygen atoms in total. The zero-order valence-corrected chi connectivity index (χ0v) is 10.7. The summed E-state index contributed by atoms with van der Waals surface area (Å²) < 4.78 is 4.82. The zero-order valence-electron chi connectivity index (χ0n) is 10.7. The predicted molar refractivity (Wildman–Crippen MR) is 64.1 cm³/mol. The molecule has 1 rings (SSSR count). The Kier molecular flexibility index (Phi) is 4.74. The number of likely N-dealkylation sites (tertiary alicyclic amines) is 1. The van der Waals surface area contributed by atoms with Crippen molar-refractivity contribution in [2.24, 2.45) is 11.1 Å². The molecule has 1 fully saturated rings. The molecule has 16 heavy (non-hydrogen) atoms. The van der Waals surface area contributed by atoms with Crippen molar-refractivity contribution in [3.05, 3.63) is 0 Å². The van der Waals surface area contributed by atoms with Crippen molar-refractivity contribution in [1.29, 1.82) is 0 Å². The first kappa shape index (κ1) is 13.5. The number of carbonyl (C=O) groups is 1. The number of esters is 1. The van der Waals surface area contributed by atoms with Gasteiger partial charge in [-0.05, 0) is 44.3 Å². The minimum atomic E-state index is -0.0944. The Morgan fingerprint density at radius 1 is 1.56 bits per heavy atom. The fraction of sp³-hybridized carbons (Fsp3) is 0.917. The summed E-state index contributed by atoms with van der Waals surface area (Å²) in [6, 6.07) is -0.0291. The van der Waals surface area contributed by atoms with E-state index in [-0.39, 0.29) is 17.4 Å². The minimum absolute atomic E-state index is 0.0291. The first-order chi connectivity index (χ1) is 7.50. The Morgan fingerprint density at radius 2 is 2.25 bits per heavy atom. The van der Waals surface area contributed by atoms with Crippen molar-refractivity contribution < 1.29 is 9.53 Å². The van der Waals surface area contributed by atoms with E-state index in [1.165, 1.54) is 7.11 Å². The van der Waals surface area contributed by atoms with E-state index in [1.807, 2.05) is 0 Å². The highest BCUT2D eigenvalue weighted by atomic mass is 16.5. The summed E-state index contributed by atoms with van der Waals surface area (Å²) in [6.45, 7) is 6.94. The summed E-state index contributed by atoms with van der Waals surface area (Å²) in [5.41, 5.74) is 5.86. The Morgan fingerprint density at radius 3 is 2.81 bits per heavy atom. The van der Waals surface area contributed by atoms with Gasteiger partial charge in [-0.1, -0.05) is 13.8 Å². The van der Waals surface area contributed by atoms with Gasteiger partial charge in [0.05, 0.1) is 7.11 Å². The molecule has 1 aliphatic rings. The number of nitrogens with two attached hydrogens (primary N) is 1. The lowest BCUT2D eigenvalue weighted by atomic mass is 9.89. The highest BCUT2D eigenvalue weighted by Gasteiger charge is 2.32. The van der Waals surface area contributed by atoms with Crippen LogP contribution in [0.5, 0.6) is 0 Å². The summed E-state index contributed by atoms with van der Waals surface area (Å²) in [5, 5.41) is 0. The van der Waals surface area contributed by atoms with E-state index in [9.17, 15) is 4.79 Å². The van der Waals surface area contributed by atoms with Crippen LogP contribution in [0.4, 0.5) is 0 Å². The molecule has 1 heterocycles. The van der Waals surface area contributed by atoms with E-state index in [0.717, 1.165) is 32.4 Å². The van der Waals surface area contributed by atoms with Gasteiger partial charge in [-0.2, -0.15) is 0 Å². The Balaban J connectivity index is 2.44. The lowest BCUT2D eigenvalue weighted by Crippen LogP contribution is -2.39. The topological polar surface area (TPSA) is 55.6 Å². The van der Waals surface area contributed by atoms with Crippen molar-refractivity contribution in [1.82, 2.24) is 4.90 Å². The van der Waals surface area contributed by atoms with Crippen LogP contribution in [0.15, 0.2) is 0 Å². The number of hydrogen-bond acceptors (Lipinski definition) is 4. The molecule has 2 N–H and O–H groups in total.